The molecule has 1 aromatic carbocycles. The van der Waals surface area contributed by atoms with Crippen molar-refractivity contribution in [1.29, 1.82) is 0 Å². The van der Waals surface area contributed by atoms with Gasteiger partial charge < -0.3 is 10.3 Å². The second-order valence-corrected chi connectivity index (χ2v) is 4.01. The van der Waals surface area contributed by atoms with Gasteiger partial charge in [-0.1, -0.05) is 19.1 Å². The topological polar surface area (TPSA) is 43.8 Å². The highest BCUT2D eigenvalue weighted by Gasteiger charge is 2.09. The molecule has 2 aromatic rings. The summed E-state index contributed by atoms with van der Waals surface area (Å²) in [5.74, 6) is 0.746. The average Bonchev–Trinajstić information content (AvgIpc) is 2.76. The van der Waals surface area contributed by atoms with Crippen LogP contribution in [0.15, 0.2) is 36.7 Å². The van der Waals surface area contributed by atoms with Crippen molar-refractivity contribution in [2.75, 3.05) is 0 Å². The zero-order valence-corrected chi connectivity index (χ0v) is 9.81. The molecule has 0 aliphatic carbocycles. The Morgan fingerprint density at radius 3 is 3.00 bits per heavy atom. The number of rotatable bonds is 4. The molecular weight excluding hydrogens is 217 g/mol. The van der Waals surface area contributed by atoms with Crippen LogP contribution in [-0.4, -0.2) is 9.55 Å². The van der Waals surface area contributed by atoms with Gasteiger partial charge in [-0.05, 0) is 17.7 Å². The van der Waals surface area contributed by atoms with Gasteiger partial charge in [-0.3, -0.25) is 0 Å². The fourth-order valence-electron chi connectivity index (χ4n) is 1.88. The minimum Gasteiger partial charge on any atom is -0.333 e. The number of benzene rings is 1. The molecule has 2 N–H and O–H groups in total. The fraction of sp³-hybridized carbons (Fsp3) is 0.308. The molecule has 0 amide bonds. The number of nitrogens with zero attached hydrogens (tertiary/aromatic N) is 2. The van der Waals surface area contributed by atoms with E-state index in [0.29, 0.717) is 6.54 Å². The van der Waals surface area contributed by atoms with E-state index in [4.69, 9.17) is 5.73 Å². The summed E-state index contributed by atoms with van der Waals surface area (Å²) >= 11 is 0. The van der Waals surface area contributed by atoms with Crippen LogP contribution in [0.2, 0.25) is 0 Å². The highest BCUT2D eigenvalue weighted by molar-refractivity contribution is 5.19. The first-order chi connectivity index (χ1) is 8.20. The molecule has 1 aromatic heterocycles. The van der Waals surface area contributed by atoms with E-state index in [0.717, 1.165) is 17.8 Å². The van der Waals surface area contributed by atoms with Gasteiger partial charge in [0.2, 0.25) is 0 Å². The van der Waals surface area contributed by atoms with Crippen molar-refractivity contribution >= 4 is 0 Å². The number of hydrogen-bond donors (Lipinski definition) is 1. The van der Waals surface area contributed by atoms with Gasteiger partial charge in [0.25, 0.3) is 0 Å². The summed E-state index contributed by atoms with van der Waals surface area (Å²) in [6.45, 7) is 2.67. The molecule has 1 unspecified atom stereocenters. The second kappa shape index (κ2) is 5.10. The van der Waals surface area contributed by atoms with Crippen LogP contribution in [0, 0.1) is 5.82 Å². The van der Waals surface area contributed by atoms with Crippen molar-refractivity contribution in [3.63, 3.8) is 0 Å². The lowest BCUT2D eigenvalue weighted by Gasteiger charge is -2.14. The van der Waals surface area contributed by atoms with Crippen LogP contribution < -0.4 is 5.73 Å². The van der Waals surface area contributed by atoms with Gasteiger partial charge in [-0.15, -0.1) is 0 Å². The third-order valence-corrected chi connectivity index (χ3v) is 2.79. The fourth-order valence-corrected chi connectivity index (χ4v) is 1.88. The Bertz CT molecular complexity index is 493. The zero-order chi connectivity index (χ0) is 12.3. The predicted octanol–water partition coefficient (Wildman–Crippen LogP) is 2.28. The molecule has 0 bridgehead atoms. The summed E-state index contributed by atoms with van der Waals surface area (Å²) in [6, 6.07) is 6.21. The third kappa shape index (κ3) is 2.71. The molecule has 0 spiro atoms. The Hall–Kier alpha value is -1.68. The van der Waals surface area contributed by atoms with Crippen LogP contribution in [0.5, 0.6) is 0 Å². The first-order valence-corrected chi connectivity index (χ1v) is 5.71. The van der Waals surface area contributed by atoms with Crippen molar-refractivity contribution in [1.82, 2.24) is 9.55 Å². The van der Waals surface area contributed by atoms with Crippen LogP contribution >= 0.6 is 0 Å². The van der Waals surface area contributed by atoms with Gasteiger partial charge in [0, 0.05) is 31.4 Å². The Morgan fingerprint density at radius 2 is 2.29 bits per heavy atom. The van der Waals surface area contributed by atoms with Crippen LogP contribution in [0.25, 0.3) is 0 Å². The molecule has 0 saturated carbocycles. The smallest absolute Gasteiger partial charge is 0.123 e. The molecule has 0 aliphatic heterocycles. The van der Waals surface area contributed by atoms with Crippen molar-refractivity contribution in [3.05, 3.63) is 53.9 Å². The maximum Gasteiger partial charge on any atom is 0.123 e. The Kier molecular flexibility index (Phi) is 3.54. The monoisotopic (exact) mass is 233 g/mol. The normalized spacial score (nSPS) is 12.6. The third-order valence-electron chi connectivity index (χ3n) is 2.79. The molecule has 0 saturated heterocycles. The predicted molar refractivity (Wildman–Crippen MR) is 64.9 cm³/mol. The Labute approximate surface area is 100 Å². The molecule has 3 nitrogen and oxygen atoms in total. The minimum absolute atomic E-state index is 0.217. The summed E-state index contributed by atoms with van der Waals surface area (Å²) in [6.07, 6.45) is 4.53. The summed E-state index contributed by atoms with van der Waals surface area (Å²) < 4.78 is 15.1. The lowest BCUT2D eigenvalue weighted by molar-refractivity contribution is 0.551. The first kappa shape index (κ1) is 11.8. The van der Waals surface area contributed by atoms with Gasteiger partial charge in [0.1, 0.15) is 11.6 Å². The van der Waals surface area contributed by atoms with Crippen LogP contribution in [0.4, 0.5) is 4.39 Å². The summed E-state index contributed by atoms with van der Waals surface area (Å²) in [4.78, 5) is 4.23. The van der Waals surface area contributed by atoms with Crippen molar-refractivity contribution < 1.29 is 4.39 Å². The van der Waals surface area contributed by atoms with Crippen LogP contribution in [0.3, 0.4) is 0 Å². The van der Waals surface area contributed by atoms with Crippen LogP contribution in [0.1, 0.15) is 24.4 Å². The lowest BCUT2D eigenvalue weighted by atomic mass is 10.1. The summed E-state index contributed by atoms with van der Waals surface area (Å²) in [5.41, 5.74) is 6.87. The zero-order valence-electron chi connectivity index (χ0n) is 9.81. The quantitative estimate of drug-likeness (QED) is 0.880. The number of imidazole rings is 1. The highest BCUT2D eigenvalue weighted by Crippen LogP contribution is 2.14. The molecule has 1 heterocycles. The van der Waals surface area contributed by atoms with E-state index in [1.165, 1.54) is 12.1 Å². The summed E-state index contributed by atoms with van der Waals surface area (Å²) in [7, 11) is 0. The lowest BCUT2D eigenvalue weighted by Crippen LogP contribution is -2.18. The SMILES string of the molecule is CCc1nccn1CC(N)c1cccc(F)c1. The number of halogens is 1. The maximum atomic E-state index is 13.1. The average molecular weight is 233 g/mol. The van der Waals surface area contributed by atoms with Gasteiger partial charge in [0.05, 0.1) is 0 Å². The van der Waals surface area contributed by atoms with Crippen molar-refractivity contribution in [2.24, 2.45) is 5.73 Å². The van der Waals surface area contributed by atoms with Crippen molar-refractivity contribution in [2.45, 2.75) is 25.9 Å². The molecule has 90 valence electrons. The molecule has 0 fully saturated rings. The Balaban J connectivity index is 2.14. The van der Waals surface area contributed by atoms with Gasteiger partial charge in [-0.25, -0.2) is 9.37 Å². The van der Waals surface area contributed by atoms with E-state index < -0.39 is 0 Å². The van der Waals surface area contributed by atoms with E-state index in [9.17, 15) is 4.39 Å². The summed E-state index contributed by atoms with van der Waals surface area (Å²) in [5, 5.41) is 0. The number of aromatic nitrogens is 2. The van der Waals surface area contributed by atoms with E-state index in [-0.39, 0.29) is 11.9 Å². The van der Waals surface area contributed by atoms with Gasteiger partial charge >= 0.3 is 0 Å². The molecule has 2 rings (SSSR count). The molecular formula is C13H16FN3. The van der Waals surface area contributed by atoms with Crippen molar-refractivity contribution in [3.8, 4) is 0 Å². The molecule has 17 heavy (non-hydrogen) atoms. The maximum absolute atomic E-state index is 13.1. The van der Waals surface area contributed by atoms with E-state index in [1.54, 1.807) is 12.3 Å². The van der Waals surface area contributed by atoms with Gasteiger partial charge in [0.15, 0.2) is 0 Å². The van der Waals surface area contributed by atoms with Crippen LogP contribution in [-0.2, 0) is 13.0 Å². The number of aryl methyl sites for hydroxylation is 1. The second-order valence-electron chi connectivity index (χ2n) is 4.01. The number of hydrogen-bond acceptors (Lipinski definition) is 2. The standard InChI is InChI=1S/C13H16FN3/c1-2-13-16-6-7-17(13)9-12(15)10-4-3-5-11(14)8-10/h3-8,12H,2,9,15H2,1H3. The highest BCUT2D eigenvalue weighted by atomic mass is 19.1. The molecule has 4 heteroatoms. The minimum atomic E-state index is -0.251. The Morgan fingerprint density at radius 1 is 1.47 bits per heavy atom. The molecule has 1 atom stereocenters. The largest absolute Gasteiger partial charge is 0.333 e. The van der Waals surface area contributed by atoms with Gasteiger partial charge in [-0.2, -0.15) is 0 Å². The van der Waals surface area contributed by atoms with E-state index >= 15 is 0 Å². The molecule has 0 radical (unpaired) electrons. The first-order valence-electron chi connectivity index (χ1n) is 5.71. The van der Waals surface area contributed by atoms with E-state index in [1.807, 2.05) is 23.8 Å². The number of nitrogens with two attached hydrogens (primary N) is 1. The molecule has 0 aliphatic rings. The van der Waals surface area contributed by atoms with E-state index in [2.05, 4.69) is 4.98 Å².